The largest absolute Gasteiger partial charge is 0.497 e. The third kappa shape index (κ3) is 6.06. The van der Waals surface area contributed by atoms with Crippen molar-refractivity contribution in [1.29, 1.82) is 0 Å². The molecule has 0 saturated heterocycles. The van der Waals surface area contributed by atoms with E-state index in [0.717, 1.165) is 15.7 Å². The van der Waals surface area contributed by atoms with Crippen molar-refractivity contribution >= 4 is 39.3 Å². The second-order valence-electron chi connectivity index (χ2n) is 7.33. The van der Waals surface area contributed by atoms with Gasteiger partial charge in [0.15, 0.2) is 11.0 Å². The summed E-state index contributed by atoms with van der Waals surface area (Å²) in [5, 5.41) is 23.1. The van der Waals surface area contributed by atoms with E-state index in [1.807, 2.05) is 28.8 Å². The highest BCUT2D eigenvalue weighted by Gasteiger charge is 2.16. The molecule has 4 aromatic rings. The highest BCUT2D eigenvalue weighted by Crippen LogP contribution is 2.27. The van der Waals surface area contributed by atoms with Gasteiger partial charge in [0.2, 0.25) is 0 Å². The van der Waals surface area contributed by atoms with E-state index in [9.17, 15) is 14.9 Å². The zero-order valence-electron chi connectivity index (χ0n) is 18.6. The Kier molecular flexibility index (Phi) is 7.78. The monoisotopic (exact) mass is 553 g/mol. The molecular weight excluding hydrogens is 534 g/mol. The summed E-state index contributed by atoms with van der Waals surface area (Å²) in [6.07, 6.45) is 0. The number of thioether (sulfide) groups is 1. The first kappa shape index (κ1) is 24.4. The predicted molar refractivity (Wildman–Crippen MR) is 136 cm³/mol. The first-order valence-corrected chi connectivity index (χ1v) is 12.2. The van der Waals surface area contributed by atoms with Crippen LogP contribution in [0.2, 0.25) is 0 Å². The van der Waals surface area contributed by atoms with Gasteiger partial charge in [0, 0.05) is 33.6 Å². The predicted octanol–water partition coefficient (Wildman–Crippen LogP) is 5.17. The molecule has 9 nitrogen and oxygen atoms in total. The number of ether oxygens (including phenoxy) is 1. The third-order valence-electron chi connectivity index (χ3n) is 5.06. The van der Waals surface area contributed by atoms with Crippen LogP contribution in [0.3, 0.4) is 0 Å². The Bertz CT molecular complexity index is 1330. The van der Waals surface area contributed by atoms with E-state index in [1.54, 1.807) is 43.5 Å². The highest BCUT2D eigenvalue weighted by molar-refractivity contribution is 9.10. The van der Waals surface area contributed by atoms with Crippen LogP contribution in [0.25, 0.3) is 5.69 Å². The van der Waals surface area contributed by atoms with Gasteiger partial charge in [-0.25, -0.2) is 0 Å². The molecule has 178 valence electrons. The molecule has 0 aliphatic carbocycles. The van der Waals surface area contributed by atoms with Crippen molar-refractivity contribution in [3.8, 4) is 11.4 Å². The minimum absolute atomic E-state index is 0.0478. The van der Waals surface area contributed by atoms with Gasteiger partial charge in [-0.15, -0.1) is 10.2 Å². The van der Waals surface area contributed by atoms with Gasteiger partial charge in [-0.1, -0.05) is 39.8 Å². The van der Waals surface area contributed by atoms with Crippen LogP contribution < -0.4 is 10.1 Å². The van der Waals surface area contributed by atoms with E-state index in [4.69, 9.17) is 4.74 Å². The molecule has 0 saturated carbocycles. The van der Waals surface area contributed by atoms with Crippen molar-refractivity contribution in [2.24, 2.45) is 0 Å². The van der Waals surface area contributed by atoms with Crippen molar-refractivity contribution in [3.05, 3.63) is 104 Å². The van der Waals surface area contributed by atoms with Crippen LogP contribution in [0.4, 0.5) is 5.69 Å². The molecular formula is C24H20BrN5O4S. The van der Waals surface area contributed by atoms with Crippen LogP contribution in [0.15, 0.2) is 82.4 Å². The lowest BCUT2D eigenvalue weighted by molar-refractivity contribution is -0.384. The summed E-state index contributed by atoms with van der Waals surface area (Å²) < 4.78 is 7.96. The minimum atomic E-state index is -0.423. The lowest BCUT2D eigenvalue weighted by Gasteiger charge is -2.11. The topological polar surface area (TPSA) is 112 Å². The summed E-state index contributed by atoms with van der Waals surface area (Å²) in [6, 6.07) is 20.9. The molecule has 11 heteroatoms. The van der Waals surface area contributed by atoms with Crippen LogP contribution in [-0.4, -0.2) is 32.7 Å². The minimum Gasteiger partial charge on any atom is -0.497 e. The van der Waals surface area contributed by atoms with E-state index >= 15 is 0 Å². The maximum Gasteiger partial charge on any atom is 0.269 e. The number of non-ortho nitro benzene ring substituents is 1. The van der Waals surface area contributed by atoms with Crippen molar-refractivity contribution in [1.82, 2.24) is 20.1 Å². The molecule has 4 rings (SSSR count). The van der Waals surface area contributed by atoms with Gasteiger partial charge in [-0.3, -0.25) is 19.5 Å². The smallest absolute Gasteiger partial charge is 0.269 e. The number of nitro benzene ring substituents is 1. The van der Waals surface area contributed by atoms with Crippen molar-refractivity contribution in [3.63, 3.8) is 0 Å². The Labute approximate surface area is 213 Å². The SMILES string of the molecule is COc1ccc(C(=O)NCc2nnc(SCc3ccc([N+](=O)[O-])cc3)n2-c2ccc(Br)cc2)cc1. The number of carbonyl (C=O) groups excluding carboxylic acids is 1. The molecule has 0 fully saturated rings. The molecule has 1 N–H and O–H groups in total. The molecule has 0 bridgehead atoms. The van der Waals surface area contributed by atoms with Crippen molar-refractivity contribution < 1.29 is 14.5 Å². The maximum atomic E-state index is 12.6. The number of halogens is 1. The number of nitro groups is 1. The Morgan fingerprint density at radius 3 is 2.37 bits per heavy atom. The normalized spacial score (nSPS) is 10.7. The van der Waals surface area contributed by atoms with Gasteiger partial charge in [0.1, 0.15) is 5.75 Å². The summed E-state index contributed by atoms with van der Waals surface area (Å²) in [4.78, 5) is 23.1. The average molecular weight is 554 g/mol. The zero-order valence-corrected chi connectivity index (χ0v) is 21.0. The fourth-order valence-corrected chi connectivity index (χ4v) is 4.41. The fraction of sp³-hybridized carbons (Fsp3) is 0.125. The van der Waals surface area contributed by atoms with E-state index < -0.39 is 4.92 Å². The molecule has 0 spiro atoms. The van der Waals surface area contributed by atoms with Gasteiger partial charge in [0.25, 0.3) is 11.6 Å². The second kappa shape index (κ2) is 11.2. The van der Waals surface area contributed by atoms with Crippen LogP contribution in [-0.2, 0) is 12.3 Å². The molecule has 1 heterocycles. The number of nitrogens with zero attached hydrogens (tertiary/aromatic N) is 4. The summed E-state index contributed by atoms with van der Waals surface area (Å²) in [7, 11) is 1.57. The van der Waals surface area contributed by atoms with E-state index in [2.05, 4.69) is 31.4 Å². The quantitative estimate of drug-likeness (QED) is 0.173. The van der Waals surface area contributed by atoms with Gasteiger partial charge >= 0.3 is 0 Å². The van der Waals surface area contributed by atoms with Crippen LogP contribution >= 0.6 is 27.7 Å². The molecule has 0 unspecified atom stereocenters. The van der Waals surface area contributed by atoms with E-state index in [1.165, 1.54) is 23.9 Å². The Balaban J connectivity index is 1.53. The lowest BCUT2D eigenvalue weighted by Crippen LogP contribution is -2.24. The van der Waals surface area contributed by atoms with Crippen LogP contribution in [0.5, 0.6) is 5.75 Å². The number of benzene rings is 3. The number of aromatic nitrogens is 3. The second-order valence-corrected chi connectivity index (χ2v) is 9.19. The molecule has 1 aromatic heterocycles. The van der Waals surface area contributed by atoms with Gasteiger partial charge < -0.3 is 10.1 Å². The van der Waals surface area contributed by atoms with Crippen molar-refractivity contribution in [2.75, 3.05) is 7.11 Å². The standard InChI is InChI=1S/C24H20BrN5O4S/c1-34-21-12-4-17(5-13-21)23(31)26-14-22-27-28-24(29(22)19-10-6-18(25)7-11-19)35-15-16-2-8-20(9-3-16)30(32)33/h2-13H,14-15H2,1H3,(H,26,31). The number of rotatable bonds is 9. The highest BCUT2D eigenvalue weighted by atomic mass is 79.9. The molecule has 0 aliphatic rings. The molecule has 0 aliphatic heterocycles. The van der Waals surface area contributed by atoms with Gasteiger partial charge in [-0.2, -0.15) is 0 Å². The Hall–Kier alpha value is -3.70. The Morgan fingerprint density at radius 1 is 1.06 bits per heavy atom. The molecule has 0 radical (unpaired) electrons. The van der Waals surface area contributed by atoms with E-state index in [-0.39, 0.29) is 18.1 Å². The first-order valence-electron chi connectivity index (χ1n) is 10.4. The zero-order chi connectivity index (χ0) is 24.8. The van der Waals surface area contributed by atoms with E-state index in [0.29, 0.717) is 28.0 Å². The van der Waals surface area contributed by atoms with Gasteiger partial charge in [-0.05, 0) is 54.1 Å². The van der Waals surface area contributed by atoms with Crippen LogP contribution in [0.1, 0.15) is 21.7 Å². The first-order chi connectivity index (χ1) is 16.9. The number of nitrogens with one attached hydrogen (secondary N) is 1. The number of hydrogen-bond acceptors (Lipinski definition) is 7. The van der Waals surface area contributed by atoms with Crippen LogP contribution in [0, 0.1) is 10.1 Å². The molecule has 3 aromatic carbocycles. The summed E-state index contributed by atoms with van der Waals surface area (Å²) in [5.41, 5.74) is 2.32. The van der Waals surface area contributed by atoms with Crippen molar-refractivity contribution in [2.45, 2.75) is 17.5 Å². The lowest BCUT2D eigenvalue weighted by atomic mass is 10.2. The molecule has 35 heavy (non-hydrogen) atoms. The summed E-state index contributed by atoms with van der Waals surface area (Å²) in [6.45, 7) is 0.173. The summed E-state index contributed by atoms with van der Waals surface area (Å²) in [5.74, 6) is 1.55. The molecule has 1 amide bonds. The average Bonchev–Trinajstić information content (AvgIpc) is 3.29. The van der Waals surface area contributed by atoms with Gasteiger partial charge in [0.05, 0.1) is 18.6 Å². The number of carbonyl (C=O) groups is 1. The Morgan fingerprint density at radius 2 is 1.74 bits per heavy atom. The number of amides is 1. The third-order valence-corrected chi connectivity index (χ3v) is 6.59. The fourth-order valence-electron chi connectivity index (χ4n) is 3.22. The number of hydrogen-bond donors (Lipinski definition) is 1. The maximum absolute atomic E-state index is 12.6. The summed E-state index contributed by atoms with van der Waals surface area (Å²) >= 11 is 4.90. The molecule has 0 atom stereocenters. The number of methoxy groups -OCH3 is 1.